The standard InChI is InChI=1S/C17H23NO4/c1-3-22-16(19)11-18(10-13-4-5-13)17(20)15-8-6-14(7-9-15)12-21-2/h6-9,13H,3-5,10-12H2,1-2H3. The highest BCUT2D eigenvalue weighted by molar-refractivity contribution is 5.96. The fraction of sp³-hybridized carbons (Fsp3) is 0.529. The van der Waals surface area contributed by atoms with E-state index in [2.05, 4.69) is 0 Å². The summed E-state index contributed by atoms with van der Waals surface area (Å²) in [6, 6.07) is 7.30. The lowest BCUT2D eigenvalue weighted by molar-refractivity contribution is -0.143. The summed E-state index contributed by atoms with van der Waals surface area (Å²) >= 11 is 0. The minimum absolute atomic E-state index is 0.0169. The average molecular weight is 305 g/mol. The molecule has 1 aromatic rings. The van der Waals surface area contributed by atoms with Gasteiger partial charge in [-0.15, -0.1) is 0 Å². The zero-order valence-electron chi connectivity index (χ0n) is 13.2. The van der Waals surface area contributed by atoms with E-state index in [1.54, 1.807) is 31.1 Å². The van der Waals surface area contributed by atoms with Gasteiger partial charge in [0.15, 0.2) is 0 Å². The van der Waals surface area contributed by atoms with Crippen LogP contribution < -0.4 is 0 Å². The zero-order chi connectivity index (χ0) is 15.9. The molecule has 0 unspecified atom stereocenters. The van der Waals surface area contributed by atoms with Crippen LogP contribution in [-0.2, 0) is 20.9 Å². The highest BCUT2D eigenvalue weighted by Gasteiger charge is 2.28. The van der Waals surface area contributed by atoms with Gasteiger partial charge in [0.2, 0.25) is 0 Å². The predicted octanol–water partition coefficient (Wildman–Crippen LogP) is 2.25. The summed E-state index contributed by atoms with van der Waals surface area (Å²) in [6.07, 6.45) is 2.25. The first-order valence-electron chi connectivity index (χ1n) is 7.66. The summed E-state index contributed by atoms with van der Waals surface area (Å²) in [7, 11) is 1.63. The highest BCUT2D eigenvalue weighted by atomic mass is 16.5. The molecule has 22 heavy (non-hydrogen) atoms. The molecule has 0 saturated heterocycles. The number of ether oxygens (including phenoxy) is 2. The van der Waals surface area contributed by atoms with Crippen molar-refractivity contribution in [1.29, 1.82) is 0 Å². The molecule has 2 rings (SSSR count). The van der Waals surface area contributed by atoms with E-state index in [0.717, 1.165) is 18.4 Å². The van der Waals surface area contributed by atoms with E-state index < -0.39 is 0 Å². The van der Waals surface area contributed by atoms with Gasteiger partial charge in [-0.05, 0) is 43.4 Å². The van der Waals surface area contributed by atoms with Gasteiger partial charge < -0.3 is 14.4 Å². The summed E-state index contributed by atoms with van der Waals surface area (Å²) in [4.78, 5) is 25.9. The quantitative estimate of drug-likeness (QED) is 0.691. The number of hydrogen-bond acceptors (Lipinski definition) is 4. The van der Waals surface area contributed by atoms with E-state index in [-0.39, 0.29) is 18.4 Å². The van der Waals surface area contributed by atoms with Crippen molar-refractivity contribution in [1.82, 2.24) is 4.90 Å². The Balaban J connectivity index is 2.04. The third kappa shape index (κ3) is 4.84. The molecule has 5 nitrogen and oxygen atoms in total. The second-order valence-corrected chi connectivity index (χ2v) is 5.56. The highest BCUT2D eigenvalue weighted by Crippen LogP contribution is 2.30. The molecule has 5 heteroatoms. The third-order valence-corrected chi connectivity index (χ3v) is 3.60. The molecule has 1 aliphatic rings. The van der Waals surface area contributed by atoms with Crippen LogP contribution in [0.1, 0.15) is 35.7 Å². The Morgan fingerprint density at radius 1 is 1.23 bits per heavy atom. The SMILES string of the molecule is CCOC(=O)CN(CC1CC1)C(=O)c1ccc(COC)cc1. The summed E-state index contributed by atoms with van der Waals surface area (Å²) in [5.74, 6) is 0.0440. The van der Waals surface area contributed by atoms with Gasteiger partial charge in [0.25, 0.3) is 5.91 Å². The monoisotopic (exact) mass is 305 g/mol. The number of esters is 1. The van der Waals surface area contributed by atoms with Crippen LogP contribution in [0.2, 0.25) is 0 Å². The van der Waals surface area contributed by atoms with Crippen molar-refractivity contribution in [3.05, 3.63) is 35.4 Å². The minimum Gasteiger partial charge on any atom is -0.465 e. The van der Waals surface area contributed by atoms with Crippen LogP contribution in [-0.4, -0.2) is 43.6 Å². The van der Waals surface area contributed by atoms with Crippen LogP contribution in [0.5, 0.6) is 0 Å². The van der Waals surface area contributed by atoms with Crippen LogP contribution in [0.15, 0.2) is 24.3 Å². The molecule has 0 aliphatic heterocycles. The van der Waals surface area contributed by atoms with Gasteiger partial charge >= 0.3 is 5.97 Å². The fourth-order valence-corrected chi connectivity index (χ4v) is 2.29. The number of benzene rings is 1. The maximum absolute atomic E-state index is 12.6. The van der Waals surface area contributed by atoms with Gasteiger partial charge in [-0.1, -0.05) is 12.1 Å². The molecule has 0 atom stereocenters. The van der Waals surface area contributed by atoms with Gasteiger partial charge in [0, 0.05) is 19.2 Å². The maximum atomic E-state index is 12.6. The molecule has 1 amide bonds. The van der Waals surface area contributed by atoms with Gasteiger partial charge in [-0.3, -0.25) is 9.59 Å². The summed E-state index contributed by atoms with van der Waals surface area (Å²) < 4.78 is 10.0. The van der Waals surface area contributed by atoms with Gasteiger partial charge in [0.1, 0.15) is 6.54 Å². The molecule has 1 saturated carbocycles. The molecule has 0 N–H and O–H groups in total. The summed E-state index contributed by atoms with van der Waals surface area (Å²) in [6.45, 7) is 3.25. The van der Waals surface area contributed by atoms with Crippen LogP contribution in [0.4, 0.5) is 0 Å². The lowest BCUT2D eigenvalue weighted by Crippen LogP contribution is -2.38. The van der Waals surface area contributed by atoms with E-state index in [1.807, 2.05) is 12.1 Å². The number of methoxy groups -OCH3 is 1. The maximum Gasteiger partial charge on any atom is 0.325 e. The molecule has 0 radical (unpaired) electrons. The number of rotatable bonds is 8. The summed E-state index contributed by atoms with van der Waals surface area (Å²) in [5.41, 5.74) is 1.60. The van der Waals surface area contributed by atoms with E-state index in [1.165, 1.54) is 0 Å². The molecule has 1 aromatic carbocycles. The number of amides is 1. The Bertz CT molecular complexity index is 508. The van der Waals surface area contributed by atoms with Crippen LogP contribution in [0.3, 0.4) is 0 Å². The van der Waals surface area contributed by atoms with Crippen LogP contribution in [0, 0.1) is 5.92 Å². The average Bonchev–Trinajstić information content (AvgIpc) is 3.31. The van der Waals surface area contributed by atoms with Crippen molar-refractivity contribution < 1.29 is 19.1 Å². The largest absolute Gasteiger partial charge is 0.465 e. The molecular weight excluding hydrogens is 282 g/mol. The predicted molar refractivity (Wildman–Crippen MR) is 82.4 cm³/mol. The van der Waals surface area contributed by atoms with E-state index in [4.69, 9.17) is 9.47 Å². The van der Waals surface area contributed by atoms with Crippen molar-refractivity contribution in [2.45, 2.75) is 26.4 Å². The van der Waals surface area contributed by atoms with Crippen molar-refractivity contribution in [2.24, 2.45) is 5.92 Å². The van der Waals surface area contributed by atoms with Crippen molar-refractivity contribution in [3.8, 4) is 0 Å². The molecule has 1 fully saturated rings. The molecule has 1 aliphatic carbocycles. The molecule has 0 spiro atoms. The second kappa shape index (κ2) is 7.94. The Labute approximate surface area is 131 Å². The number of hydrogen-bond donors (Lipinski definition) is 0. The lowest BCUT2D eigenvalue weighted by Gasteiger charge is -2.21. The second-order valence-electron chi connectivity index (χ2n) is 5.56. The van der Waals surface area contributed by atoms with Crippen molar-refractivity contribution >= 4 is 11.9 Å². The molecule has 0 bridgehead atoms. The Morgan fingerprint density at radius 3 is 2.45 bits per heavy atom. The fourth-order valence-electron chi connectivity index (χ4n) is 2.29. The van der Waals surface area contributed by atoms with E-state index >= 15 is 0 Å². The van der Waals surface area contributed by atoms with Crippen molar-refractivity contribution in [3.63, 3.8) is 0 Å². The van der Waals surface area contributed by atoms with Crippen LogP contribution >= 0.6 is 0 Å². The van der Waals surface area contributed by atoms with E-state index in [9.17, 15) is 9.59 Å². The topological polar surface area (TPSA) is 55.8 Å². The number of carbonyl (C=O) groups is 2. The smallest absolute Gasteiger partial charge is 0.325 e. The first-order chi connectivity index (χ1) is 10.6. The van der Waals surface area contributed by atoms with Gasteiger partial charge in [-0.25, -0.2) is 0 Å². The molecular formula is C17H23NO4. The van der Waals surface area contributed by atoms with Gasteiger partial charge in [0.05, 0.1) is 13.2 Å². The number of carbonyl (C=O) groups excluding carboxylic acids is 2. The Morgan fingerprint density at radius 2 is 1.91 bits per heavy atom. The van der Waals surface area contributed by atoms with Crippen LogP contribution in [0.25, 0.3) is 0 Å². The van der Waals surface area contributed by atoms with Crippen molar-refractivity contribution in [2.75, 3.05) is 26.8 Å². The normalized spacial score (nSPS) is 13.7. The molecule has 0 heterocycles. The first kappa shape index (κ1) is 16.5. The van der Waals surface area contributed by atoms with E-state index in [0.29, 0.717) is 31.2 Å². The number of nitrogens with zero attached hydrogens (tertiary/aromatic N) is 1. The lowest BCUT2D eigenvalue weighted by atomic mass is 10.1. The van der Waals surface area contributed by atoms with Gasteiger partial charge in [-0.2, -0.15) is 0 Å². The Hall–Kier alpha value is -1.88. The Kier molecular flexibility index (Phi) is 5.95. The third-order valence-electron chi connectivity index (χ3n) is 3.60. The summed E-state index contributed by atoms with van der Waals surface area (Å²) in [5, 5.41) is 0. The molecule has 0 aromatic heterocycles. The minimum atomic E-state index is -0.354. The zero-order valence-corrected chi connectivity index (χ0v) is 13.2. The first-order valence-corrected chi connectivity index (χ1v) is 7.66. The molecule has 120 valence electrons.